The minimum Gasteiger partial charge on any atom is -0.346 e. The van der Waals surface area contributed by atoms with Crippen LogP contribution in [0.1, 0.15) is 10.7 Å². The predicted molar refractivity (Wildman–Crippen MR) is 91.5 cm³/mol. The highest BCUT2D eigenvalue weighted by Crippen LogP contribution is 2.19. The van der Waals surface area contributed by atoms with Crippen LogP contribution in [0.2, 0.25) is 0 Å². The van der Waals surface area contributed by atoms with Crippen molar-refractivity contribution >= 4 is 32.8 Å². The molecule has 0 aliphatic carbocycles. The molecule has 1 aliphatic heterocycles. The van der Waals surface area contributed by atoms with E-state index >= 15 is 0 Å². The molecule has 0 spiro atoms. The van der Waals surface area contributed by atoms with Crippen LogP contribution in [0.4, 0.5) is 5.13 Å². The molecule has 120 valence electrons. The van der Waals surface area contributed by atoms with Crippen molar-refractivity contribution in [2.75, 3.05) is 31.1 Å². The first kappa shape index (κ1) is 14.7. The molecule has 3 aromatic heterocycles. The molecule has 0 N–H and O–H groups in total. The molecule has 0 radical (unpaired) electrons. The van der Waals surface area contributed by atoms with Gasteiger partial charge in [0.1, 0.15) is 5.01 Å². The number of nitrogens with zero attached hydrogens (tertiary/aromatic N) is 6. The second kappa shape index (κ2) is 5.99. The fraction of sp³-hybridized carbons (Fsp3) is 0.429. The van der Waals surface area contributed by atoms with Crippen molar-refractivity contribution in [3.05, 3.63) is 38.7 Å². The molecule has 0 amide bonds. The number of aromatic nitrogens is 4. The Bertz CT molecular complexity index is 863. The summed E-state index contributed by atoms with van der Waals surface area (Å²) in [7, 11) is 0. The Balaban J connectivity index is 1.46. The van der Waals surface area contributed by atoms with E-state index in [-0.39, 0.29) is 5.56 Å². The molecule has 0 bridgehead atoms. The van der Waals surface area contributed by atoms with Gasteiger partial charge in [-0.25, -0.2) is 9.97 Å². The van der Waals surface area contributed by atoms with Gasteiger partial charge in [0.25, 0.3) is 5.56 Å². The molecule has 3 aromatic rings. The average Bonchev–Trinajstić information content (AvgIpc) is 3.17. The van der Waals surface area contributed by atoms with Crippen molar-refractivity contribution in [2.24, 2.45) is 0 Å². The van der Waals surface area contributed by atoms with Crippen LogP contribution >= 0.6 is 22.7 Å². The van der Waals surface area contributed by atoms with Crippen molar-refractivity contribution in [3.63, 3.8) is 0 Å². The van der Waals surface area contributed by atoms with Crippen LogP contribution in [-0.4, -0.2) is 50.7 Å². The minimum atomic E-state index is -0.101. The third-order valence-electron chi connectivity index (χ3n) is 3.85. The molecule has 1 aliphatic rings. The summed E-state index contributed by atoms with van der Waals surface area (Å²) in [6.07, 6.45) is 1.84. The maximum Gasteiger partial charge on any atom is 0.275 e. The molecule has 4 heterocycles. The second-order valence-corrected chi connectivity index (χ2v) is 7.51. The predicted octanol–water partition coefficient (Wildman–Crippen LogP) is 1.24. The van der Waals surface area contributed by atoms with Gasteiger partial charge in [-0.1, -0.05) is 11.3 Å². The zero-order valence-electron chi connectivity index (χ0n) is 12.7. The zero-order valence-corrected chi connectivity index (χ0v) is 14.3. The van der Waals surface area contributed by atoms with Crippen LogP contribution in [0.25, 0.3) is 4.96 Å². The molecule has 23 heavy (non-hydrogen) atoms. The Morgan fingerprint density at radius 1 is 1.26 bits per heavy atom. The summed E-state index contributed by atoms with van der Waals surface area (Å²) in [5.74, 6) is 0. The molecule has 0 saturated carbocycles. The summed E-state index contributed by atoms with van der Waals surface area (Å²) >= 11 is 3.12. The van der Waals surface area contributed by atoms with Gasteiger partial charge in [0.2, 0.25) is 4.96 Å². The van der Waals surface area contributed by atoms with Gasteiger partial charge in [0, 0.05) is 50.4 Å². The van der Waals surface area contributed by atoms with Gasteiger partial charge in [-0.2, -0.15) is 9.61 Å². The zero-order chi connectivity index (χ0) is 15.8. The van der Waals surface area contributed by atoms with Gasteiger partial charge in [0.15, 0.2) is 5.13 Å². The van der Waals surface area contributed by atoms with Gasteiger partial charge in [0.05, 0.1) is 5.69 Å². The lowest BCUT2D eigenvalue weighted by Crippen LogP contribution is -2.46. The Morgan fingerprint density at radius 3 is 2.83 bits per heavy atom. The van der Waals surface area contributed by atoms with E-state index in [1.807, 2.05) is 18.5 Å². The number of hydrogen-bond donors (Lipinski definition) is 0. The second-order valence-electron chi connectivity index (χ2n) is 5.48. The summed E-state index contributed by atoms with van der Waals surface area (Å²) in [5.41, 5.74) is 0.720. The van der Waals surface area contributed by atoms with Gasteiger partial charge >= 0.3 is 0 Å². The quantitative estimate of drug-likeness (QED) is 0.709. The molecule has 0 unspecified atom stereocenters. The molecule has 1 fully saturated rings. The van der Waals surface area contributed by atoms with E-state index in [0.29, 0.717) is 11.5 Å². The Labute approximate surface area is 140 Å². The standard InChI is InChI=1S/C14H16N6OS2/c1-10-17-20-12(21)8-11(16-14(20)23-10)9-18-3-5-19(6-4-18)13-15-2-7-22-13/h2,7-8H,3-6,9H2,1H3. The smallest absolute Gasteiger partial charge is 0.275 e. The van der Waals surface area contributed by atoms with Crippen LogP contribution in [0.15, 0.2) is 22.4 Å². The number of fused-ring (bicyclic) bond motifs is 1. The number of aryl methyl sites for hydroxylation is 1. The lowest BCUT2D eigenvalue weighted by Gasteiger charge is -2.34. The average molecular weight is 348 g/mol. The fourth-order valence-electron chi connectivity index (χ4n) is 2.73. The largest absolute Gasteiger partial charge is 0.346 e. The monoisotopic (exact) mass is 348 g/mol. The van der Waals surface area contributed by atoms with Crippen molar-refractivity contribution in [2.45, 2.75) is 13.5 Å². The number of hydrogen-bond acceptors (Lipinski definition) is 8. The third-order valence-corrected chi connectivity index (χ3v) is 5.50. The van der Waals surface area contributed by atoms with Crippen LogP contribution in [0.5, 0.6) is 0 Å². The summed E-state index contributed by atoms with van der Waals surface area (Å²) in [4.78, 5) is 26.3. The molecule has 1 saturated heterocycles. The third kappa shape index (κ3) is 2.99. The van der Waals surface area contributed by atoms with Crippen molar-refractivity contribution < 1.29 is 0 Å². The summed E-state index contributed by atoms with van der Waals surface area (Å²) < 4.78 is 1.38. The van der Waals surface area contributed by atoms with E-state index in [0.717, 1.165) is 42.0 Å². The number of thiazole rings is 1. The van der Waals surface area contributed by atoms with Crippen molar-refractivity contribution in [3.8, 4) is 0 Å². The topological polar surface area (TPSA) is 66.6 Å². The van der Waals surface area contributed by atoms with E-state index in [2.05, 4.69) is 24.9 Å². The minimum absolute atomic E-state index is 0.101. The van der Waals surface area contributed by atoms with Gasteiger partial charge in [-0.15, -0.1) is 11.3 Å². The van der Waals surface area contributed by atoms with Crippen LogP contribution in [0, 0.1) is 6.92 Å². The first-order chi connectivity index (χ1) is 11.2. The summed E-state index contributed by atoms with van der Waals surface area (Å²) in [6, 6.07) is 1.60. The Morgan fingerprint density at radius 2 is 2.09 bits per heavy atom. The van der Waals surface area contributed by atoms with Crippen molar-refractivity contribution in [1.29, 1.82) is 0 Å². The maximum absolute atomic E-state index is 12.1. The Hall–Kier alpha value is -1.84. The van der Waals surface area contributed by atoms with E-state index < -0.39 is 0 Å². The molecular weight excluding hydrogens is 332 g/mol. The SMILES string of the molecule is Cc1nn2c(=O)cc(CN3CCN(c4nccs4)CC3)nc2s1. The van der Waals surface area contributed by atoms with Gasteiger partial charge < -0.3 is 4.90 Å². The molecular formula is C14H16N6OS2. The lowest BCUT2D eigenvalue weighted by molar-refractivity contribution is 0.247. The normalized spacial score (nSPS) is 16.3. The first-order valence-corrected chi connectivity index (χ1v) is 9.12. The molecule has 9 heteroatoms. The molecule has 7 nitrogen and oxygen atoms in total. The number of piperazine rings is 1. The number of rotatable bonds is 3. The first-order valence-electron chi connectivity index (χ1n) is 7.42. The number of anilines is 1. The van der Waals surface area contributed by atoms with Gasteiger partial charge in [-0.3, -0.25) is 9.69 Å². The van der Waals surface area contributed by atoms with Gasteiger partial charge in [-0.05, 0) is 6.92 Å². The fourth-order valence-corrected chi connectivity index (χ4v) is 4.20. The maximum atomic E-state index is 12.1. The highest BCUT2D eigenvalue weighted by molar-refractivity contribution is 7.16. The Kier molecular flexibility index (Phi) is 3.83. The highest BCUT2D eigenvalue weighted by atomic mass is 32.1. The van der Waals surface area contributed by atoms with E-state index in [9.17, 15) is 4.79 Å². The summed E-state index contributed by atoms with van der Waals surface area (Å²) in [5, 5.41) is 8.11. The van der Waals surface area contributed by atoms with Crippen LogP contribution < -0.4 is 10.5 Å². The van der Waals surface area contributed by atoms with E-state index in [1.54, 1.807) is 17.4 Å². The van der Waals surface area contributed by atoms with Crippen LogP contribution in [0.3, 0.4) is 0 Å². The highest BCUT2D eigenvalue weighted by Gasteiger charge is 2.19. The molecule has 0 aromatic carbocycles. The van der Waals surface area contributed by atoms with E-state index in [1.165, 1.54) is 15.9 Å². The van der Waals surface area contributed by atoms with Crippen LogP contribution in [-0.2, 0) is 6.54 Å². The van der Waals surface area contributed by atoms with Crippen molar-refractivity contribution in [1.82, 2.24) is 24.5 Å². The summed E-state index contributed by atoms with van der Waals surface area (Å²) in [6.45, 7) is 6.39. The molecule has 4 rings (SSSR count). The molecule has 0 atom stereocenters. The lowest BCUT2D eigenvalue weighted by atomic mass is 10.3. The van der Waals surface area contributed by atoms with E-state index in [4.69, 9.17) is 0 Å².